The smallest absolute Gasteiger partial charge is 0.338 e. The average Bonchev–Trinajstić information content (AvgIpc) is 3.16. The summed E-state index contributed by atoms with van der Waals surface area (Å²) >= 11 is 6.24. The van der Waals surface area contributed by atoms with Crippen LogP contribution in [-0.4, -0.2) is 32.3 Å². The lowest BCUT2D eigenvalue weighted by Gasteiger charge is -2.08. The Bertz CT molecular complexity index is 1190. The highest BCUT2D eigenvalue weighted by molar-refractivity contribution is 6.31. The Morgan fingerprint density at radius 3 is 2.66 bits per heavy atom. The number of rotatable bonds is 5. The maximum atomic E-state index is 11.8. The number of carbonyl (C=O) groups is 1. The second-order valence-corrected chi connectivity index (χ2v) is 6.66. The van der Waals surface area contributed by atoms with Crippen molar-refractivity contribution in [3.8, 4) is 17.3 Å². The molecule has 0 radical (unpaired) electrons. The van der Waals surface area contributed by atoms with Crippen LogP contribution in [0.5, 0.6) is 11.6 Å². The van der Waals surface area contributed by atoms with Crippen LogP contribution in [0.25, 0.3) is 16.7 Å². The molecule has 0 saturated heterocycles. The Hall–Kier alpha value is -3.45. The number of hydrogen-bond donors (Lipinski definition) is 0. The Kier molecular flexibility index (Phi) is 5.14. The van der Waals surface area contributed by atoms with Crippen LogP contribution in [0, 0.1) is 6.92 Å². The molecule has 0 saturated carbocycles. The summed E-state index contributed by atoms with van der Waals surface area (Å²) in [6.07, 6.45) is 3.06. The highest BCUT2D eigenvalue weighted by atomic mass is 35.5. The van der Waals surface area contributed by atoms with Crippen molar-refractivity contribution in [3.63, 3.8) is 0 Å². The van der Waals surface area contributed by atoms with Crippen molar-refractivity contribution in [1.29, 1.82) is 0 Å². The van der Waals surface area contributed by atoms with E-state index < -0.39 is 0 Å². The summed E-state index contributed by atoms with van der Waals surface area (Å²) in [7, 11) is 0. The molecule has 4 rings (SSSR count). The normalized spacial score (nSPS) is 10.9. The van der Waals surface area contributed by atoms with Gasteiger partial charge in [-0.05, 0) is 55.8 Å². The number of benzene rings is 2. The van der Waals surface area contributed by atoms with Gasteiger partial charge in [0.2, 0.25) is 5.88 Å². The lowest BCUT2D eigenvalue weighted by atomic mass is 10.2. The largest absolute Gasteiger partial charge is 0.462 e. The molecule has 146 valence electrons. The molecule has 0 N–H and O–H groups in total. The van der Waals surface area contributed by atoms with Gasteiger partial charge >= 0.3 is 5.97 Å². The summed E-state index contributed by atoms with van der Waals surface area (Å²) in [5.41, 5.74) is 2.82. The van der Waals surface area contributed by atoms with Crippen molar-refractivity contribution in [3.05, 3.63) is 71.1 Å². The Balaban J connectivity index is 1.64. The van der Waals surface area contributed by atoms with E-state index in [0.29, 0.717) is 39.9 Å². The van der Waals surface area contributed by atoms with Crippen LogP contribution in [0.2, 0.25) is 5.02 Å². The number of esters is 1. The Labute approximate surface area is 171 Å². The molecule has 0 atom stereocenters. The minimum Gasteiger partial charge on any atom is -0.462 e. The summed E-state index contributed by atoms with van der Waals surface area (Å²) in [6, 6.07) is 12.3. The predicted molar refractivity (Wildman–Crippen MR) is 109 cm³/mol. The van der Waals surface area contributed by atoms with Gasteiger partial charge in [-0.1, -0.05) is 17.7 Å². The molecule has 2 aromatic carbocycles. The third-order valence-electron chi connectivity index (χ3n) is 4.31. The van der Waals surface area contributed by atoms with Crippen LogP contribution < -0.4 is 4.74 Å². The maximum absolute atomic E-state index is 11.8. The van der Waals surface area contributed by atoms with Gasteiger partial charge in [-0.25, -0.2) is 19.4 Å². The molecule has 0 spiro atoms. The molecular formula is C21H17ClN4O3. The van der Waals surface area contributed by atoms with E-state index in [1.807, 2.05) is 25.1 Å². The molecule has 2 heterocycles. The number of aromatic nitrogens is 4. The van der Waals surface area contributed by atoms with E-state index in [-0.39, 0.29) is 5.97 Å². The number of ether oxygens (including phenoxy) is 2. The first-order valence-corrected chi connectivity index (χ1v) is 9.35. The van der Waals surface area contributed by atoms with Crippen molar-refractivity contribution < 1.29 is 14.3 Å². The van der Waals surface area contributed by atoms with Crippen LogP contribution in [-0.2, 0) is 4.74 Å². The van der Waals surface area contributed by atoms with Crippen LogP contribution in [0.4, 0.5) is 0 Å². The van der Waals surface area contributed by atoms with Gasteiger partial charge in [0.05, 0.1) is 24.1 Å². The fourth-order valence-corrected chi connectivity index (χ4v) is 2.97. The molecular weight excluding hydrogens is 392 g/mol. The van der Waals surface area contributed by atoms with Crippen LogP contribution in [0.1, 0.15) is 22.8 Å². The summed E-state index contributed by atoms with van der Waals surface area (Å²) in [4.78, 5) is 20.3. The first-order valence-electron chi connectivity index (χ1n) is 8.97. The third kappa shape index (κ3) is 3.77. The molecule has 0 fully saturated rings. The van der Waals surface area contributed by atoms with Crippen molar-refractivity contribution in [1.82, 2.24) is 19.7 Å². The number of hydrogen-bond acceptors (Lipinski definition) is 6. The lowest BCUT2D eigenvalue weighted by Crippen LogP contribution is -2.04. The topological polar surface area (TPSA) is 79.1 Å². The van der Waals surface area contributed by atoms with Crippen molar-refractivity contribution in [2.45, 2.75) is 13.8 Å². The summed E-state index contributed by atoms with van der Waals surface area (Å²) < 4.78 is 12.6. The van der Waals surface area contributed by atoms with E-state index in [0.717, 1.165) is 11.3 Å². The number of aryl methyl sites for hydroxylation is 1. The zero-order chi connectivity index (χ0) is 20.4. The highest BCUT2D eigenvalue weighted by Gasteiger charge is 2.14. The number of nitrogens with zero attached hydrogens (tertiary/aromatic N) is 4. The molecule has 0 bridgehead atoms. The average molecular weight is 409 g/mol. The molecule has 0 unspecified atom stereocenters. The lowest BCUT2D eigenvalue weighted by molar-refractivity contribution is 0.0526. The van der Waals surface area contributed by atoms with Crippen molar-refractivity contribution >= 4 is 28.6 Å². The summed E-state index contributed by atoms with van der Waals surface area (Å²) in [6.45, 7) is 4.03. The highest BCUT2D eigenvalue weighted by Crippen LogP contribution is 2.29. The second-order valence-electron chi connectivity index (χ2n) is 6.25. The molecule has 4 aromatic rings. The van der Waals surface area contributed by atoms with E-state index in [1.54, 1.807) is 42.1 Å². The van der Waals surface area contributed by atoms with Crippen LogP contribution >= 0.6 is 11.6 Å². The third-order valence-corrected chi connectivity index (χ3v) is 4.72. The number of carbonyl (C=O) groups excluding carboxylic acids is 1. The van der Waals surface area contributed by atoms with E-state index in [4.69, 9.17) is 21.1 Å². The fourth-order valence-electron chi connectivity index (χ4n) is 2.79. The monoisotopic (exact) mass is 408 g/mol. The standard InChI is InChI=1S/C21H17ClN4O3/c1-3-28-21(27)14-5-8-16(9-6-14)29-20-17-11-25-26(19(17)23-12-24-20)15-7-4-13(2)18(22)10-15/h4-12H,3H2,1-2H3. The van der Waals surface area contributed by atoms with Gasteiger partial charge < -0.3 is 9.47 Å². The minimum atomic E-state index is -0.374. The van der Waals surface area contributed by atoms with E-state index in [2.05, 4.69) is 15.1 Å². The van der Waals surface area contributed by atoms with Crippen LogP contribution in [0.15, 0.2) is 55.0 Å². The molecule has 8 heteroatoms. The van der Waals surface area contributed by atoms with Gasteiger partial charge in [0.1, 0.15) is 17.5 Å². The van der Waals surface area contributed by atoms with Crippen molar-refractivity contribution in [2.75, 3.05) is 6.61 Å². The molecule has 0 aliphatic carbocycles. The first-order chi connectivity index (χ1) is 14.1. The molecule has 0 amide bonds. The van der Waals surface area contributed by atoms with E-state index >= 15 is 0 Å². The Morgan fingerprint density at radius 1 is 1.14 bits per heavy atom. The molecule has 0 aliphatic rings. The minimum absolute atomic E-state index is 0.326. The van der Waals surface area contributed by atoms with E-state index in [9.17, 15) is 4.79 Å². The predicted octanol–water partition coefficient (Wildman–Crippen LogP) is 4.75. The quantitative estimate of drug-likeness (QED) is 0.443. The molecule has 29 heavy (non-hydrogen) atoms. The number of halogens is 1. The molecule has 0 aliphatic heterocycles. The summed E-state index contributed by atoms with van der Waals surface area (Å²) in [5, 5.41) is 5.71. The maximum Gasteiger partial charge on any atom is 0.338 e. The van der Waals surface area contributed by atoms with Gasteiger partial charge in [-0.15, -0.1) is 0 Å². The van der Waals surface area contributed by atoms with Gasteiger partial charge in [0.25, 0.3) is 0 Å². The first kappa shape index (κ1) is 18.9. The second kappa shape index (κ2) is 7.89. The molecule has 7 nitrogen and oxygen atoms in total. The van der Waals surface area contributed by atoms with Gasteiger partial charge in [0, 0.05) is 5.02 Å². The zero-order valence-corrected chi connectivity index (χ0v) is 16.6. The number of fused-ring (bicyclic) bond motifs is 1. The van der Waals surface area contributed by atoms with E-state index in [1.165, 1.54) is 6.33 Å². The van der Waals surface area contributed by atoms with Gasteiger partial charge in [-0.3, -0.25) is 0 Å². The van der Waals surface area contributed by atoms with Crippen molar-refractivity contribution in [2.24, 2.45) is 0 Å². The van der Waals surface area contributed by atoms with Gasteiger partial charge in [0.15, 0.2) is 5.65 Å². The SMILES string of the molecule is CCOC(=O)c1ccc(Oc2ncnc3c2cnn3-c2ccc(C)c(Cl)c2)cc1. The van der Waals surface area contributed by atoms with Gasteiger partial charge in [-0.2, -0.15) is 5.10 Å². The Morgan fingerprint density at radius 2 is 1.93 bits per heavy atom. The summed E-state index contributed by atoms with van der Waals surface area (Å²) in [5.74, 6) is 0.522. The van der Waals surface area contributed by atoms with Crippen LogP contribution in [0.3, 0.4) is 0 Å². The fraction of sp³-hybridized carbons (Fsp3) is 0.143. The molecule has 2 aromatic heterocycles. The zero-order valence-electron chi connectivity index (χ0n) is 15.8.